The Hall–Kier alpha value is -1.91. The molecule has 4 atom stereocenters. The number of thioether (sulfide) groups is 1. The highest BCUT2D eigenvalue weighted by molar-refractivity contribution is 8.04. The highest BCUT2D eigenvalue weighted by Crippen LogP contribution is 2.38. The Balaban J connectivity index is 1.13. The Morgan fingerprint density at radius 2 is 1.89 bits per heavy atom. The van der Waals surface area contributed by atoms with Gasteiger partial charge in [0.2, 0.25) is 11.8 Å². The molecule has 3 saturated heterocycles. The van der Waals surface area contributed by atoms with Crippen LogP contribution in [0.5, 0.6) is 0 Å². The van der Waals surface area contributed by atoms with Crippen LogP contribution in [0.15, 0.2) is 35.7 Å². The summed E-state index contributed by atoms with van der Waals surface area (Å²) in [4.78, 5) is 33.0. The summed E-state index contributed by atoms with van der Waals surface area (Å²) in [5.41, 5.74) is 2.33. The molecule has 9 heteroatoms. The lowest BCUT2D eigenvalue weighted by atomic mass is 9.94. The van der Waals surface area contributed by atoms with Gasteiger partial charge in [0.05, 0.1) is 12.0 Å². The average molecular weight is 499 g/mol. The first-order chi connectivity index (χ1) is 17.1. The van der Waals surface area contributed by atoms with Gasteiger partial charge >= 0.3 is 0 Å². The van der Waals surface area contributed by atoms with Crippen LogP contribution >= 0.6 is 11.8 Å². The van der Waals surface area contributed by atoms with Crippen molar-refractivity contribution < 1.29 is 9.59 Å². The van der Waals surface area contributed by atoms with E-state index in [1.807, 2.05) is 18.2 Å². The molecular weight excluding hydrogens is 460 g/mol. The maximum atomic E-state index is 13.0. The third-order valence-corrected chi connectivity index (χ3v) is 8.96. The minimum absolute atomic E-state index is 0.0245. The number of carbonyl (C=O) groups excluding carboxylic acids is 2. The van der Waals surface area contributed by atoms with Gasteiger partial charge in [-0.3, -0.25) is 24.7 Å². The zero-order valence-corrected chi connectivity index (χ0v) is 21.4. The Labute approximate surface area is 212 Å². The first kappa shape index (κ1) is 24.8. The number of hydrogen-bond acceptors (Lipinski definition) is 7. The largest absolute Gasteiger partial charge is 0.355 e. The van der Waals surface area contributed by atoms with Crippen LogP contribution in [-0.4, -0.2) is 103 Å². The summed E-state index contributed by atoms with van der Waals surface area (Å²) >= 11 is 1.59. The van der Waals surface area contributed by atoms with Crippen molar-refractivity contribution >= 4 is 29.1 Å². The maximum absolute atomic E-state index is 13.0. The van der Waals surface area contributed by atoms with E-state index in [-0.39, 0.29) is 35.3 Å². The highest BCUT2D eigenvalue weighted by Gasteiger charge is 2.44. The predicted octanol–water partition coefficient (Wildman–Crippen LogP) is 0.980. The SMILES string of the molecule is CCN1CCN(CCNC(=O)C2CCCN(C3NC(=O)C4SC=C(c5ccccc5)C4N3)C2)CC1. The summed E-state index contributed by atoms with van der Waals surface area (Å²) in [5, 5.41) is 12.0. The summed E-state index contributed by atoms with van der Waals surface area (Å²) in [7, 11) is 0. The second-order valence-electron chi connectivity index (χ2n) is 9.95. The third-order valence-electron chi connectivity index (χ3n) is 7.79. The molecule has 0 spiro atoms. The molecule has 0 saturated carbocycles. The van der Waals surface area contributed by atoms with Gasteiger partial charge in [0.15, 0.2) is 0 Å². The first-order valence-electron chi connectivity index (χ1n) is 13.1. The van der Waals surface area contributed by atoms with Crippen LogP contribution in [0.3, 0.4) is 0 Å². The highest BCUT2D eigenvalue weighted by atomic mass is 32.2. The molecule has 190 valence electrons. The number of piperazine rings is 1. The van der Waals surface area contributed by atoms with Crippen LogP contribution < -0.4 is 16.0 Å². The minimum Gasteiger partial charge on any atom is -0.355 e. The Morgan fingerprint density at radius 3 is 2.66 bits per heavy atom. The second-order valence-corrected chi connectivity index (χ2v) is 11.0. The van der Waals surface area contributed by atoms with Crippen LogP contribution in [0, 0.1) is 5.92 Å². The van der Waals surface area contributed by atoms with Crippen molar-refractivity contribution in [3.63, 3.8) is 0 Å². The van der Waals surface area contributed by atoms with E-state index in [1.165, 1.54) is 5.57 Å². The fourth-order valence-corrected chi connectivity index (χ4v) is 6.77. The number of likely N-dealkylation sites (N-methyl/N-ethyl adjacent to an activating group) is 1. The number of amides is 2. The van der Waals surface area contributed by atoms with E-state index in [4.69, 9.17) is 0 Å². The molecular formula is C26H38N6O2S. The van der Waals surface area contributed by atoms with Crippen molar-refractivity contribution in [1.29, 1.82) is 0 Å². The summed E-state index contributed by atoms with van der Waals surface area (Å²) in [6, 6.07) is 10.3. The molecule has 0 aliphatic carbocycles. The molecule has 35 heavy (non-hydrogen) atoms. The molecule has 4 aliphatic rings. The Bertz CT molecular complexity index is 920. The molecule has 4 heterocycles. The molecule has 0 radical (unpaired) electrons. The van der Waals surface area contributed by atoms with Crippen LogP contribution in [0.25, 0.3) is 5.57 Å². The molecule has 4 unspecified atom stereocenters. The molecule has 2 amide bonds. The van der Waals surface area contributed by atoms with Gasteiger partial charge in [-0.2, -0.15) is 0 Å². The number of likely N-dealkylation sites (tertiary alicyclic amines) is 1. The molecule has 0 bridgehead atoms. The number of rotatable bonds is 7. The van der Waals surface area contributed by atoms with Crippen molar-refractivity contribution in [2.24, 2.45) is 5.92 Å². The summed E-state index contributed by atoms with van der Waals surface area (Å²) in [5.74, 6) is 0.170. The van der Waals surface area contributed by atoms with E-state index in [1.54, 1.807) is 11.8 Å². The van der Waals surface area contributed by atoms with Crippen molar-refractivity contribution in [2.45, 2.75) is 37.3 Å². The Kier molecular flexibility index (Phi) is 8.09. The number of nitrogens with one attached hydrogen (secondary N) is 3. The van der Waals surface area contributed by atoms with E-state index in [0.29, 0.717) is 13.1 Å². The van der Waals surface area contributed by atoms with Gasteiger partial charge in [0, 0.05) is 52.4 Å². The van der Waals surface area contributed by atoms with Crippen LogP contribution in [0.4, 0.5) is 0 Å². The van der Waals surface area contributed by atoms with Gasteiger partial charge in [-0.25, -0.2) is 0 Å². The molecule has 4 aliphatic heterocycles. The van der Waals surface area contributed by atoms with Crippen molar-refractivity contribution in [2.75, 3.05) is 58.9 Å². The van der Waals surface area contributed by atoms with Crippen LogP contribution in [0.1, 0.15) is 25.3 Å². The fourth-order valence-electron chi connectivity index (χ4n) is 5.62. The summed E-state index contributed by atoms with van der Waals surface area (Å²) in [6.45, 7) is 10.9. The topological polar surface area (TPSA) is 80.0 Å². The number of piperidine rings is 1. The Morgan fingerprint density at radius 1 is 1.11 bits per heavy atom. The molecule has 3 fully saturated rings. The smallest absolute Gasteiger partial charge is 0.237 e. The first-order valence-corrected chi connectivity index (χ1v) is 14.0. The lowest BCUT2D eigenvalue weighted by molar-refractivity contribution is -0.129. The standard InChI is InChI=1S/C26H38N6O2S/c1-2-30-13-15-31(16-14-30)12-10-27-24(33)20-9-6-11-32(17-20)26-28-22-21(19-7-4-3-5-8-19)18-35-23(22)25(34)29-26/h3-5,7-8,18,20,22-23,26,28H,2,6,9-17H2,1H3,(H,27,33)(H,29,34). The fraction of sp³-hybridized carbons (Fsp3) is 0.615. The quantitative estimate of drug-likeness (QED) is 0.517. The van der Waals surface area contributed by atoms with Crippen molar-refractivity contribution in [3.05, 3.63) is 41.3 Å². The van der Waals surface area contributed by atoms with Crippen LogP contribution in [-0.2, 0) is 9.59 Å². The number of nitrogens with zero attached hydrogens (tertiary/aromatic N) is 3. The van der Waals surface area contributed by atoms with Gasteiger partial charge in [0.25, 0.3) is 0 Å². The molecule has 1 aromatic carbocycles. The normalized spacial score (nSPS) is 30.4. The lowest BCUT2D eigenvalue weighted by Gasteiger charge is -2.43. The summed E-state index contributed by atoms with van der Waals surface area (Å²) in [6.07, 6.45) is 1.60. The molecule has 3 N–H and O–H groups in total. The van der Waals surface area contributed by atoms with E-state index in [0.717, 1.165) is 64.2 Å². The second kappa shape index (κ2) is 11.4. The van der Waals surface area contributed by atoms with Crippen molar-refractivity contribution in [3.8, 4) is 0 Å². The van der Waals surface area contributed by atoms with Crippen LogP contribution in [0.2, 0.25) is 0 Å². The number of fused-ring (bicyclic) bond motifs is 1. The van der Waals surface area contributed by atoms with Gasteiger partial charge in [0.1, 0.15) is 11.5 Å². The van der Waals surface area contributed by atoms with E-state index < -0.39 is 0 Å². The van der Waals surface area contributed by atoms with E-state index >= 15 is 0 Å². The van der Waals surface area contributed by atoms with Crippen molar-refractivity contribution in [1.82, 2.24) is 30.7 Å². The zero-order chi connectivity index (χ0) is 24.2. The number of hydrogen-bond donors (Lipinski definition) is 3. The molecule has 1 aromatic rings. The molecule has 5 rings (SSSR count). The van der Waals surface area contributed by atoms with E-state index in [2.05, 4.69) is 55.1 Å². The minimum atomic E-state index is -0.250. The predicted molar refractivity (Wildman–Crippen MR) is 141 cm³/mol. The maximum Gasteiger partial charge on any atom is 0.237 e. The zero-order valence-electron chi connectivity index (χ0n) is 20.6. The number of carbonyl (C=O) groups is 2. The van der Waals surface area contributed by atoms with Gasteiger partial charge in [-0.1, -0.05) is 37.3 Å². The number of benzene rings is 1. The average Bonchev–Trinajstić information content (AvgIpc) is 3.34. The lowest BCUT2D eigenvalue weighted by Crippen LogP contribution is -2.69. The molecule has 8 nitrogen and oxygen atoms in total. The van der Waals surface area contributed by atoms with Gasteiger partial charge < -0.3 is 15.5 Å². The van der Waals surface area contributed by atoms with Gasteiger partial charge in [-0.05, 0) is 35.9 Å². The summed E-state index contributed by atoms with van der Waals surface area (Å²) < 4.78 is 0. The monoisotopic (exact) mass is 498 g/mol. The van der Waals surface area contributed by atoms with E-state index in [9.17, 15) is 9.59 Å². The molecule has 0 aromatic heterocycles. The van der Waals surface area contributed by atoms with Gasteiger partial charge in [-0.15, -0.1) is 11.8 Å². The third kappa shape index (κ3) is 5.75.